The molecule has 0 spiro atoms. The van der Waals surface area contributed by atoms with Gasteiger partial charge in [-0.25, -0.2) is 4.39 Å². The van der Waals surface area contributed by atoms with Gasteiger partial charge in [-0.3, -0.25) is 0 Å². The van der Waals surface area contributed by atoms with E-state index in [-0.39, 0.29) is 5.82 Å². The number of aryl methyl sites for hydroxylation is 1. The lowest BCUT2D eigenvalue weighted by Gasteiger charge is -2.27. The number of halogens is 2. The normalized spacial score (nSPS) is 18.6. The molecule has 0 aliphatic heterocycles. The fourth-order valence-electron chi connectivity index (χ4n) is 2.02. The Kier molecular flexibility index (Phi) is 3.45. The summed E-state index contributed by atoms with van der Waals surface area (Å²) < 4.78 is 13.1. The van der Waals surface area contributed by atoms with Crippen LogP contribution in [0, 0.1) is 18.7 Å². The van der Waals surface area contributed by atoms with Crippen molar-refractivity contribution in [2.75, 3.05) is 0 Å². The quantitative estimate of drug-likeness (QED) is 0.695. The SMILES string of the molecule is Cc1cc(C(Br)CC2CCC2)ccc1F. The van der Waals surface area contributed by atoms with Crippen LogP contribution in [-0.2, 0) is 0 Å². The molecule has 0 nitrogen and oxygen atoms in total. The van der Waals surface area contributed by atoms with E-state index in [0.29, 0.717) is 4.83 Å². The van der Waals surface area contributed by atoms with Crippen molar-refractivity contribution in [1.29, 1.82) is 0 Å². The van der Waals surface area contributed by atoms with E-state index in [1.54, 1.807) is 6.07 Å². The summed E-state index contributed by atoms with van der Waals surface area (Å²) in [6.45, 7) is 1.82. The molecule has 1 aliphatic rings. The van der Waals surface area contributed by atoms with Crippen molar-refractivity contribution < 1.29 is 4.39 Å². The summed E-state index contributed by atoms with van der Waals surface area (Å²) in [7, 11) is 0. The van der Waals surface area contributed by atoms with Crippen LogP contribution in [0.3, 0.4) is 0 Å². The third-order valence-corrected chi connectivity index (χ3v) is 4.21. The summed E-state index contributed by atoms with van der Waals surface area (Å²) in [6.07, 6.45) is 5.29. The van der Waals surface area contributed by atoms with Crippen LogP contribution in [-0.4, -0.2) is 0 Å². The van der Waals surface area contributed by atoms with E-state index in [0.717, 1.165) is 11.5 Å². The standard InChI is InChI=1S/C13H16BrF/c1-9-7-11(5-6-13(9)15)12(14)8-10-3-2-4-10/h5-7,10,12H,2-4,8H2,1H3. The zero-order valence-corrected chi connectivity index (χ0v) is 10.6. The Labute approximate surface area is 99.0 Å². The molecular weight excluding hydrogens is 255 g/mol. The van der Waals surface area contributed by atoms with Crippen molar-refractivity contribution in [1.82, 2.24) is 0 Å². The number of alkyl halides is 1. The highest BCUT2D eigenvalue weighted by Gasteiger charge is 2.21. The summed E-state index contributed by atoms with van der Waals surface area (Å²) in [5.41, 5.74) is 1.95. The fourth-order valence-corrected chi connectivity index (χ4v) is 2.83. The van der Waals surface area contributed by atoms with Crippen molar-refractivity contribution in [3.63, 3.8) is 0 Å². The number of hydrogen-bond donors (Lipinski definition) is 0. The lowest BCUT2D eigenvalue weighted by atomic mass is 9.81. The van der Waals surface area contributed by atoms with Crippen LogP contribution in [0.1, 0.15) is 41.6 Å². The van der Waals surface area contributed by atoms with E-state index in [4.69, 9.17) is 0 Å². The lowest BCUT2D eigenvalue weighted by molar-refractivity contribution is 0.295. The van der Waals surface area contributed by atoms with Crippen LogP contribution in [0.15, 0.2) is 18.2 Å². The Bertz CT molecular complexity index is 344. The summed E-state index contributed by atoms with van der Waals surface area (Å²) in [6, 6.07) is 5.41. The maximum atomic E-state index is 13.1. The van der Waals surface area contributed by atoms with Crippen LogP contribution < -0.4 is 0 Å². The van der Waals surface area contributed by atoms with Gasteiger partial charge in [-0.15, -0.1) is 0 Å². The Morgan fingerprint density at radius 1 is 1.47 bits per heavy atom. The largest absolute Gasteiger partial charge is 0.207 e. The molecule has 2 heteroatoms. The molecule has 0 heterocycles. The van der Waals surface area contributed by atoms with Gasteiger partial charge in [0.25, 0.3) is 0 Å². The van der Waals surface area contributed by atoms with Crippen molar-refractivity contribution in [2.45, 2.75) is 37.4 Å². The molecule has 1 aliphatic carbocycles. The predicted octanol–water partition coefficient (Wildman–Crippen LogP) is 4.76. The summed E-state index contributed by atoms with van der Waals surface area (Å²) in [5, 5.41) is 0. The second kappa shape index (κ2) is 4.65. The summed E-state index contributed by atoms with van der Waals surface area (Å²) in [5.74, 6) is 0.766. The molecule has 15 heavy (non-hydrogen) atoms. The Hall–Kier alpha value is -0.370. The highest BCUT2D eigenvalue weighted by Crippen LogP contribution is 2.38. The molecule has 1 aromatic rings. The van der Waals surface area contributed by atoms with Gasteiger partial charge >= 0.3 is 0 Å². The molecule has 0 bridgehead atoms. The Morgan fingerprint density at radius 3 is 2.73 bits per heavy atom. The highest BCUT2D eigenvalue weighted by atomic mass is 79.9. The van der Waals surface area contributed by atoms with Gasteiger partial charge in [0.1, 0.15) is 5.82 Å². The molecule has 0 saturated heterocycles. The second-order valence-electron chi connectivity index (χ2n) is 4.51. The summed E-state index contributed by atoms with van der Waals surface area (Å²) in [4.78, 5) is 0.391. The fraction of sp³-hybridized carbons (Fsp3) is 0.538. The number of hydrogen-bond acceptors (Lipinski definition) is 0. The van der Waals surface area contributed by atoms with Gasteiger partial charge in [-0.1, -0.05) is 47.3 Å². The van der Waals surface area contributed by atoms with E-state index >= 15 is 0 Å². The minimum absolute atomic E-state index is 0.109. The molecule has 1 saturated carbocycles. The molecule has 0 amide bonds. The van der Waals surface area contributed by atoms with Gasteiger partial charge < -0.3 is 0 Å². The average molecular weight is 271 g/mol. The first-order valence-corrected chi connectivity index (χ1v) is 6.48. The Morgan fingerprint density at radius 2 is 2.20 bits per heavy atom. The molecule has 1 atom stereocenters. The van der Waals surface area contributed by atoms with Gasteiger partial charge in [-0.05, 0) is 36.5 Å². The third-order valence-electron chi connectivity index (χ3n) is 3.31. The van der Waals surface area contributed by atoms with Crippen LogP contribution in [0.4, 0.5) is 4.39 Å². The molecule has 2 rings (SSSR count). The molecule has 0 aromatic heterocycles. The topological polar surface area (TPSA) is 0 Å². The average Bonchev–Trinajstić information content (AvgIpc) is 2.15. The molecule has 1 unspecified atom stereocenters. The van der Waals surface area contributed by atoms with E-state index in [1.165, 1.54) is 31.2 Å². The Balaban J connectivity index is 2.03. The molecule has 0 radical (unpaired) electrons. The first-order chi connectivity index (χ1) is 7.16. The van der Waals surface area contributed by atoms with Crippen molar-refractivity contribution >= 4 is 15.9 Å². The zero-order chi connectivity index (χ0) is 10.8. The van der Waals surface area contributed by atoms with Crippen LogP contribution >= 0.6 is 15.9 Å². The van der Waals surface area contributed by atoms with Crippen LogP contribution in [0.2, 0.25) is 0 Å². The first-order valence-electron chi connectivity index (χ1n) is 5.57. The zero-order valence-electron chi connectivity index (χ0n) is 8.97. The number of benzene rings is 1. The smallest absolute Gasteiger partial charge is 0.126 e. The molecule has 82 valence electrons. The van der Waals surface area contributed by atoms with Gasteiger partial charge in [0.2, 0.25) is 0 Å². The van der Waals surface area contributed by atoms with Gasteiger partial charge in [0.15, 0.2) is 0 Å². The monoisotopic (exact) mass is 270 g/mol. The lowest BCUT2D eigenvalue weighted by Crippen LogP contribution is -2.12. The van der Waals surface area contributed by atoms with Crippen molar-refractivity contribution in [2.24, 2.45) is 5.92 Å². The molecular formula is C13H16BrF. The molecule has 1 fully saturated rings. The van der Waals surface area contributed by atoms with Crippen LogP contribution in [0.25, 0.3) is 0 Å². The predicted molar refractivity (Wildman–Crippen MR) is 64.8 cm³/mol. The summed E-state index contributed by atoms with van der Waals surface area (Å²) >= 11 is 3.70. The van der Waals surface area contributed by atoms with Crippen molar-refractivity contribution in [3.8, 4) is 0 Å². The molecule has 1 aromatic carbocycles. The van der Waals surface area contributed by atoms with Gasteiger partial charge in [0, 0.05) is 4.83 Å². The maximum absolute atomic E-state index is 13.1. The second-order valence-corrected chi connectivity index (χ2v) is 5.61. The highest BCUT2D eigenvalue weighted by molar-refractivity contribution is 9.09. The minimum Gasteiger partial charge on any atom is -0.207 e. The minimum atomic E-state index is -0.109. The maximum Gasteiger partial charge on any atom is 0.126 e. The van der Waals surface area contributed by atoms with Gasteiger partial charge in [-0.2, -0.15) is 0 Å². The van der Waals surface area contributed by atoms with Gasteiger partial charge in [0.05, 0.1) is 0 Å². The first kappa shape index (κ1) is 11.1. The van der Waals surface area contributed by atoms with E-state index in [2.05, 4.69) is 15.9 Å². The van der Waals surface area contributed by atoms with E-state index < -0.39 is 0 Å². The molecule has 0 N–H and O–H groups in total. The van der Waals surface area contributed by atoms with Crippen LogP contribution in [0.5, 0.6) is 0 Å². The van der Waals surface area contributed by atoms with Crippen molar-refractivity contribution in [3.05, 3.63) is 35.1 Å². The van der Waals surface area contributed by atoms with E-state index in [9.17, 15) is 4.39 Å². The van der Waals surface area contributed by atoms with E-state index in [1.807, 2.05) is 19.1 Å². The number of rotatable bonds is 3. The third kappa shape index (κ3) is 2.60.